The molecule has 1 aromatic rings. The van der Waals surface area contributed by atoms with Crippen LogP contribution in [0.1, 0.15) is 37.8 Å². The number of pyridine rings is 1. The van der Waals surface area contributed by atoms with Crippen LogP contribution in [-0.4, -0.2) is 30.7 Å². The summed E-state index contributed by atoms with van der Waals surface area (Å²) in [6.45, 7) is 6.09. The molecule has 3 heterocycles. The zero-order chi connectivity index (χ0) is 16.8. The molecular weight excluding hydrogens is 305 g/mol. The van der Waals surface area contributed by atoms with Crippen molar-refractivity contribution in [3.8, 4) is 6.07 Å². The Balaban J connectivity index is 2.05. The Kier molecular flexibility index (Phi) is 3.86. The van der Waals surface area contributed by atoms with Crippen molar-refractivity contribution >= 4 is 11.6 Å². The Bertz CT molecular complexity index is 644. The minimum Gasteiger partial charge on any atom is -0.356 e. The van der Waals surface area contributed by atoms with Crippen molar-refractivity contribution in [3.05, 3.63) is 17.2 Å². The first kappa shape index (κ1) is 15.9. The molecule has 0 aliphatic carbocycles. The van der Waals surface area contributed by atoms with Crippen LogP contribution in [0.15, 0.2) is 6.07 Å². The molecule has 0 saturated carbocycles. The second-order valence-electron chi connectivity index (χ2n) is 6.35. The van der Waals surface area contributed by atoms with E-state index in [-0.39, 0.29) is 17.4 Å². The number of alkyl halides is 3. The lowest BCUT2D eigenvalue weighted by molar-refractivity contribution is -0.137. The molecule has 2 saturated heterocycles. The summed E-state index contributed by atoms with van der Waals surface area (Å²) in [6, 6.07) is 2.86. The first-order chi connectivity index (χ1) is 10.8. The number of hydrogen-bond donors (Lipinski definition) is 0. The molecule has 4 nitrogen and oxygen atoms in total. The standard InChI is InChI=1S/C16H19F3N4/c1-3-11-8-22(9-11)14-6-13(16(17,18)19)12(7-20)15(21-14)23-5-4-10(23)2/h6,10-11H,3-5,8-9H2,1-2H3. The highest BCUT2D eigenvalue weighted by atomic mass is 19.4. The Morgan fingerprint density at radius 2 is 2.09 bits per heavy atom. The maximum atomic E-state index is 13.4. The van der Waals surface area contributed by atoms with Gasteiger partial charge in [0, 0.05) is 25.7 Å². The van der Waals surface area contributed by atoms with Gasteiger partial charge in [-0.3, -0.25) is 0 Å². The van der Waals surface area contributed by atoms with Crippen LogP contribution in [0.4, 0.5) is 24.8 Å². The summed E-state index contributed by atoms with van der Waals surface area (Å²) in [5, 5.41) is 9.27. The molecule has 0 amide bonds. The van der Waals surface area contributed by atoms with E-state index in [0.717, 1.165) is 32.0 Å². The highest BCUT2D eigenvalue weighted by molar-refractivity contribution is 5.65. The molecule has 0 radical (unpaired) electrons. The van der Waals surface area contributed by atoms with Crippen molar-refractivity contribution in [1.82, 2.24) is 4.98 Å². The maximum absolute atomic E-state index is 13.4. The molecule has 0 N–H and O–H groups in total. The number of anilines is 2. The van der Waals surface area contributed by atoms with E-state index in [0.29, 0.717) is 18.3 Å². The lowest BCUT2D eigenvalue weighted by Crippen LogP contribution is -2.49. The molecule has 2 aliphatic heterocycles. The summed E-state index contributed by atoms with van der Waals surface area (Å²) < 4.78 is 40.2. The summed E-state index contributed by atoms with van der Waals surface area (Å²) in [4.78, 5) is 8.06. The highest BCUT2D eigenvalue weighted by Crippen LogP contribution is 2.40. The summed E-state index contributed by atoms with van der Waals surface area (Å²) >= 11 is 0. The summed E-state index contributed by atoms with van der Waals surface area (Å²) in [7, 11) is 0. The predicted molar refractivity (Wildman–Crippen MR) is 81.4 cm³/mol. The van der Waals surface area contributed by atoms with Gasteiger partial charge >= 0.3 is 6.18 Å². The van der Waals surface area contributed by atoms with Gasteiger partial charge in [0.05, 0.1) is 5.56 Å². The third-order valence-corrected chi connectivity index (χ3v) is 4.85. The van der Waals surface area contributed by atoms with E-state index < -0.39 is 11.7 Å². The van der Waals surface area contributed by atoms with Crippen molar-refractivity contribution in [3.63, 3.8) is 0 Å². The van der Waals surface area contributed by atoms with Gasteiger partial charge in [0.25, 0.3) is 0 Å². The Labute approximate surface area is 133 Å². The molecule has 124 valence electrons. The minimum absolute atomic E-state index is 0.116. The molecule has 7 heteroatoms. The van der Waals surface area contributed by atoms with Crippen LogP contribution in [0.3, 0.4) is 0 Å². The lowest BCUT2D eigenvalue weighted by atomic mass is 9.96. The average molecular weight is 324 g/mol. The maximum Gasteiger partial charge on any atom is 0.417 e. The van der Waals surface area contributed by atoms with Crippen LogP contribution in [0.5, 0.6) is 0 Å². The van der Waals surface area contributed by atoms with Crippen LogP contribution in [-0.2, 0) is 6.18 Å². The Hall–Kier alpha value is -1.97. The normalized spacial score (nSPS) is 21.7. The van der Waals surface area contributed by atoms with Gasteiger partial charge in [0.1, 0.15) is 23.3 Å². The molecule has 1 aromatic heterocycles. The zero-order valence-electron chi connectivity index (χ0n) is 13.2. The summed E-state index contributed by atoms with van der Waals surface area (Å²) in [5.41, 5.74) is -1.24. The third-order valence-electron chi connectivity index (χ3n) is 4.85. The van der Waals surface area contributed by atoms with Crippen molar-refractivity contribution in [2.75, 3.05) is 29.4 Å². The zero-order valence-corrected chi connectivity index (χ0v) is 13.2. The van der Waals surface area contributed by atoms with E-state index in [1.807, 2.05) is 11.8 Å². The van der Waals surface area contributed by atoms with Gasteiger partial charge in [-0.1, -0.05) is 6.92 Å². The van der Waals surface area contributed by atoms with Crippen molar-refractivity contribution in [1.29, 1.82) is 5.26 Å². The number of rotatable bonds is 3. The van der Waals surface area contributed by atoms with Gasteiger partial charge in [-0.15, -0.1) is 0 Å². The molecule has 3 rings (SSSR count). The monoisotopic (exact) mass is 324 g/mol. The van der Waals surface area contributed by atoms with E-state index >= 15 is 0 Å². The lowest BCUT2D eigenvalue weighted by Gasteiger charge is -2.43. The Morgan fingerprint density at radius 1 is 1.39 bits per heavy atom. The number of nitrogens with zero attached hydrogens (tertiary/aromatic N) is 4. The van der Waals surface area contributed by atoms with E-state index in [2.05, 4.69) is 11.9 Å². The first-order valence-corrected chi connectivity index (χ1v) is 7.89. The first-order valence-electron chi connectivity index (χ1n) is 7.89. The van der Waals surface area contributed by atoms with Gasteiger partial charge in [0.2, 0.25) is 0 Å². The number of aromatic nitrogens is 1. The van der Waals surface area contributed by atoms with E-state index in [9.17, 15) is 18.4 Å². The summed E-state index contributed by atoms with van der Waals surface area (Å²) in [6.07, 6.45) is -2.64. The van der Waals surface area contributed by atoms with Crippen LogP contribution < -0.4 is 9.80 Å². The quantitative estimate of drug-likeness (QED) is 0.854. The molecule has 23 heavy (non-hydrogen) atoms. The molecule has 1 atom stereocenters. The average Bonchev–Trinajstić information content (AvgIpc) is 2.43. The van der Waals surface area contributed by atoms with Gasteiger partial charge in [-0.2, -0.15) is 18.4 Å². The minimum atomic E-state index is -4.55. The highest BCUT2D eigenvalue weighted by Gasteiger charge is 2.40. The fourth-order valence-corrected chi connectivity index (χ4v) is 3.07. The van der Waals surface area contributed by atoms with Crippen LogP contribution >= 0.6 is 0 Å². The largest absolute Gasteiger partial charge is 0.417 e. The molecule has 0 bridgehead atoms. The Morgan fingerprint density at radius 3 is 2.52 bits per heavy atom. The van der Waals surface area contributed by atoms with E-state index in [1.54, 1.807) is 11.0 Å². The molecular formula is C16H19F3N4. The molecule has 0 spiro atoms. The van der Waals surface area contributed by atoms with Gasteiger partial charge in [-0.05, 0) is 31.7 Å². The van der Waals surface area contributed by atoms with Gasteiger partial charge in [-0.25, -0.2) is 4.98 Å². The van der Waals surface area contributed by atoms with E-state index in [4.69, 9.17) is 0 Å². The van der Waals surface area contributed by atoms with Crippen molar-refractivity contribution in [2.45, 2.75) is 38.9 Å². The van der Waals surface area contributed by atoms with Crippen molar-refractivity contribution in [2.24, 2.45) is 5.92 Å². The molecule has 1 unspecified atom stereocenters. The number of hydrogen-bond acceptors (Lipinski definition) is 4. The SMILES string of the molecule is CCC1CN(c2cc(C(F)(F)F)c(C#N)c(N3CCC3C)n2)C1. The van der Waals surface area contributed by atoms with Crippen LogP contribution in [0.2, 0.25) is 0 Å². The second kappa shape index (κ2) is 5.59. The predicted octanol–water partition coefficient (Wildman–Crippen LogP) is 3.42. The summed E-state index contributed by atoms with van der Waals surface area (Å²) in [5.74, 6) is 1.01. The second-order valence-corrected chi connectivity index (χ2v) is 6.35. The fourth-order valence-electron chi connectivity index (χ4n) is 3.07. The molecule has 0 aromatic carbocycles. The smallest absolute Gasteiger partial charge is 0.356 e. The molecule has 2 fully saturated rings. The topological polar surface area (TPSA) is 43.2 Å². The molecule has 2 aliphatic rings. The van der Waals surface area contributed by atoms with Gasteiger partial charge in [0.15, 0.2) is 0 Å². The van der Waals surface area contributed by atoms with Crippen molar-refractivity contribution < 1.29 is 13.2 Å². The van der Waals surface area contributed by atoms with Crippen LogP contribution in [0.25, 0.3) is 0 Å². The van der Waals surface area contributed by atoms with E-state index in [1.165, 1.54) is 0 Å². The number of halogens is 3. The van der Waals surface area contributed by atoms with Gasteiger partial charge < -0.3 is 9.80 Å². The number of nitriles is 1. The fraction of sp³-hybridized carbons (Fsp3) is 0.625. The van der Waals surface area contributed by atoms with Crippen LogP contribution in [0, 0.1) is 17.2 Å². The third kappa shape index (κ3) is 2.71.